The van der Waals surface area contributed by atoms with Crippen molar-refractivity contribution in [2.24, 2.45) is 5.92 Å². The quantitative estimate of drug-likeness (QED) is 0.766. The van der Waals surface area contributed by atoms with Gasteiger partial charge in [0.15, 0.2) is 0 Å². The summed E-state index contributed by atoms with van der Waals surface area (Å²) in [5, 5.41) is 3.68. The fourth-order valence-electron chi connectivity index (χ4n) is 3.31. The standard InChI is InChI=1S/C15H32N2/c1-6-9-16-14-8-10-17(13(5)11-14)15(7-2)12(3)4/h12-16H,6-11H2,1-5H3. The summed E-state index contributed by atoms with van der Waals surface area (Å²) < 4.78 is 0. The minimum atomic E-state index is 0.741. The molecule has 1 rings (SSSR count). The maximum atomic E-state index is 3.68. The zero-order chi connectivity index (χ0) is 12.8. The Labute approximate surface area is 108 Å². The van der Waals surface area contributed by atoms with Crippen LogP contribution < -0.4 is 5.32 Å². The van der Waals surface area contributed by atoms with Crippen LogP contribution in [-0.4, -0.2) is 36.1 Å². The monoisotopic (exact) mass is 240 g/mol. The smallest absolute Gasteiger partial charge is 0.0118 e. The Kier molecular flexibility index (Phi) is 6.50. The lowest BCUT2D eigenvalue weighted by Gasteiger charge is -2.44. The molecule has 1 saturated heterocycles. The number of hydrogen-bond acceptors (Lipinski definition) is 2. The number of nitrogens with zero attached hydrogens (tertiary/aromatic N) is 1. The second kappa shape index (κ2) is 7.38. The van der Waals surface area contributed by atoms with E-state index in [1.54, 1.807) is 0 Å². The van der Waals surface area contributed by atoms with Gasteiger partial charge < -0.3 is 5.32 Å². The Morgan fingerprint density at radius 3 is 2.47 bits per heavy atom. The number of hydrogen-bond donors (Lipinski definition) is 1. The molecule has 2 heteroatoms. The molecule has 0 aromatic heterocycles. The van der Waals surface area contributed by atoms with Crippen LogP contribution in [0.3, 0.4) is 0 Å². The molecule has 0 saturated carbocycles. The van der Waals surface area contributed by atoms with E-state index in [1.807, 2.05) is 0 Å². The van der Waals surface area contributed by atoms with Crippen LogP contribution in [0.2, 0.25) is 0 Å². The zero-order valence-electron chi connectivity index (χ0n) is 12.5. The molecule has 1 fully saturated rings. The van der Waals surface area contributed by atoms with Gasteiger partial charge in [-0.2, -0.15) is 0 Å². The molecule has 102 valence electrons. The van der Waals surface area contributed by atoms with Gasteiger partial charge in [0.2, 0.25) is 0 Å². The molecule has 1 aliphatic rings. The van der Waals surface area contributed by atoms with E-state index in [4.69, 9.17) is 0 Å². The topological polar surface area (TPSA) is 15.3 Å². The molecule has 2 nitrogen and oxygen atoms in total. The number of likely N-dealkylation sites (tertiary alicyclic amines) is 1. The molecule has 0 aromatic carbocycles. The maximum Gasteiger partial charge on any atom is 0.0118 e. The van der Waals surface area contributed by atoms with Crippen LogP contribution in [0.1, 0.15) is 60.3 Å². The summed E-state index contributed by atoms with van der Waals surface area (Å²) in [5.74, 6) is 0.780. The van der Waals surface area contributed by atoms with Gasteiger partial charge in [0.25, 0.3) is 0 Å². The molecular formula is C15H32N2. The van der Waals surface area contributed by atoms with Gasteiger partial charge in [0.05, 0.1) is 0 Å². The second-order valence-electron chi connectivity index (χ2n) is 5.98. The van der Waals surface area contributed by atoms with E-state index >= 15 is 0 Å². The van der Waals surface area contributed by atoms with Gasteiger partial charge in [-0.15, -0.1) is 0 Å². The molecular weight excluding hydrogens is 208 g/mol. The minimum Gasteiger partial charge on any atom is -0.314 e. The highest BCUT2D eigenvalue weighted by molar-refractivity contribution is 4.87. The average Bonchev–Trinajstić information content (AvgIpc) is 2.29. The highest BCUT2D eigenvalue weighted by Crippen LogP contribution is 2.24. The first kappa shape index (κ1) is 15.0. The third-order valence-electron chi connectivity index (χ3n) is 4.22. The first-order chi connectivity index (χ1) is 8.10. The molecule has 3 atom stereocenters. The summed E-state index contributed by atoms with van der Waals surface area (Å²) in [4.78, 5) is 2.74. The molecule has 17 heavy (non-hydrogen) atoms. The Balaban J connectivity index is 2.46. The van der Waals surface area contributed by atoms with E-state index < -0.39 is 0 Å². The fraction of sp³-hybridized carbons (Fsp3) is 1.00. The predicted octanol–water partition coefficient (Wildman–Crippen LogP) is 3.27. The lowest BCUT2D eigenvalue weighted by molar-refractivity contribution is 0.0622. The van der Waals surface area contributed by atoms with Crippen molar-refractivity contribution >= 4 is 0 Å². The number of piperidine rings is 1. The highest BCUT2D eigenvalue weighted by Gasteiger charge is 2.30. The largest absolute Gasteiger partial charge is 0.314 e. The molecule has 3 unspecified atom stereocenters. The van der Waals surface area contributed by atoms with Gasteiger partial charge in [-0.25, -0.2) is 0 Å². The minimum absolute atomic E-state index is 0.741. The van der Waals surface area contributed by atoms with E-state index in [0.717, 1.165) is 24.0 Å². The second-order valence-corrected chi connectivity index (χ2v) is 5.98. The fourth-order valence-corrected chi connectivity index (χ4v) is 3.31. The van der Waals surface area contributed by atoms with Crippen molar-refractivity contribution in [3.05, 3.63) is 0 Å². The predicted molar refractivity (Wildman–Crippen MR) is 76.4 cm³/mol. The summed E-state index contributed by atoms with van der Waals surface area (Å²) in [6.07, 6.45) is 5.18. The molecule has 1 aliphatic heterocycles. The van der Waals surface area contributed by atoms with E-state index in [9.17, 15) is 0 Å². The molecule has 0 bridgehead atoms. The Bertz CT molecular complexity index is 203. The van der Waals surface area contributed by atoms with Crippen molar-refractivity contribution in [1.82, 2.24) is 10.2 Å². The van der Waals surface area contributed by atoms with E-state index in [-0.39, 0.29) is 0 Å². The van der Waals surface area contributed by atoms with Crippen LogP contribution in [-0.2, 0) is 0 Å². The van der Waals surface area contributed by atoms with Crippen molar-refractivity contribution in [2.45, 2.75) is 78.4 Å². The van der Waals surface area contributed by atoms with Crippen molar-refractivity contribution < 1.29 is 0 Å². The molecule has 0 radical (unpaired) electrons. The lowest BCUT2D eigenvalue weighted by atomic mass is 9.91. The number of nitrogens with one attached hydrogen (secondary N) is 1. The van der Waals surface area contributed by atoms with Gasteiger partial charge in [0.1, 0.15) is 0 Å². The van der Waals surface area contributed by atoms with Crippen LogP contribution in [0, 0.1) is 5.92 Å². The van der Waals surface area contributed by atoms with Crippen molar-refractivity contribution in [3.63, 3.8) is 0 Å². The maximum absolute atomic E-state index is 3.68. The number of rotatable bonds is 6. The third kappa shape index (κ3) is 4.26. The summed E-state index contributed by atoms with van der Waals surface area (Å²) in [6, 6.07) is 2.27. The summed E-state index contributed by atoms with van der Waals surface area (Å²) in [6.45, 7) is 14.2. The SMILES string of the molecule is CCCNC1CCN(C(CC)C(C)C)C(C)C1. The van der Waals surface area contributed by atoms with Crippen molar-refractivity contribution in [2.75, 3.05) is 13.1 Å². The van der Waals surface area contributed by atoms with Crippen molar-refractivity contribution in [3.8, 4) is 0 Å². The summed E-state index contributed by atoms with van der Waals surface area (Å²) in [7, 11) is 0. The van der Waals surface area contributed by atoms with Gasteiger partial charge in [-0.1, -0.05) is 27.7 Å². The third-order valence-corrected chi connectivity index (χ3v) is 4.22. The van der Waals surface area contributed by atoms with E-state index in [0.29, 0.717) is 0 Å². The van der Waals surface area contributed by atoms with Crippen LogP contribution in [0.4, 0.5) is 0 Å². The van der Waals surface area contributed by atoms with Crippen LogP contribution in [0.5, 0.6) is 0 Å². The van der Waals surface area contributed by atoms with Crippen LogP contribution >= 0.6 is 0 Å². The van der Waals surface area contributed by atoms with Gasteiger partial charge >= 0.3 is 0 Å². The van der Waals surface area contributed by atoms with Gasteiger partial charge in [-0.05, 0) is 45.1 Å². The Morgan fingerprint density at radius 1 is 1.29 bits per heavy atom. The average molecular weight is 240 g/mol. The molecule has 0 amide bonds. The first-order valence-corrected chi connectivity index (χ1v) is 7.59. The van der Waals surface area contributed by atoms with E-state index in [2.05, 4.69) is 44.8 Å². The van der Waals surface area contributed by atoms with Gasteiger partial charge in [-0.3, -0.25) is 4.90 Å². The lowest BCUT2D eigenvalue weighted by Crippen LogP contribution is -2.52. The summed E-state index contributed by atoms with van der Waals surface area (Å²) in [5.41, 5.74) is 0. The molecule has 1 N–H and O–H groups in total. The first-order valence-electron chi connectivity index (χ1n) is 7.59. The molecule has 1 heterocycles. The highest BCUT2D eigenvalue weighted by atomic mass is 15.2. The normalized spacial score (nSPS) is 28.6. The Morgan fingerprint density at radius 2 is 2.00 bits per heavy atom. The Hall–Kier alpha value is -0.0800. The molecule has 0 aliphatic carbocycles. The molecule has 0 spiro atoms. The van der Waals surface area contributed by atoms with Crippen LogP contribution in [0.15, 0.2) is 0 Å². The van der Waals surface area contributed by atoms with Gasteiger partial charge in [0, 0.05) is 24.7 Å². The summed E-state index contributed by atoms with van der Waals surface area (Å²) >= 11 is 0. The van der Waals surface area contributed by atoms with Crippen molar-refractivity contribution in [1.29, 1.82) is 0 Å². The molecule has 0 aromatic rings. The zero-order valence-corrected chi connectivity index (χ0v) is 12.5. The van der Waals surface area contributed by atoms with Crippen LogP contribution in [0.25, 0.3) is 0 Å². The van der Waals surface area contributed by atoms with E-state index in [1.165, 1.54) is 38.8 Å².